The Morgan fingerprint density at radius 3 is 1.74 bits per heavy atom. The summed E-state index contributed by atoms with van der Waals surface area (Å²) in [5.74, 6) is -16.4. The van der Waals surface area contributed by atoms with Crippen LogP contribution in [-0.4, -0.2) is 316 Å². The van der Waals surface area contributed by atoms with Crippen LogP contribution in [0.25, 0.3) is 21.8 Å². The normalized spacial score (nSPS) is 26.1. The molecule has 0 radical (unpaired) electrons. The maximum absolute atomic E-state index is 15.6. The number of carbonyl (C=O) groups is 17. The molecule has 19 N–H and O–H groups in total. The van der Waals surface area contributed by atoms with E-state index in [0.29, 0.717) is 69.9 Å². The average Bonchev–Trinajstić information content (AvgIpc) is 1.60. The Morgan fingerprint density at radius 1 is 0.550 bits per heavy atom. The number of aromatic amines is 3. The number of rotatable bonds is 18. The van der Waals surface area contributed by atoms with E-state index in [4.69, 9.17) is 5.73 Å². The number of aromatic nitrogens is 4. The molecule has 41 nitrogen and oxygen atoms in total. The molecular formula is C87H117N21O20S. The zero-order valence-corrected chi connectivity index (χ0v) is 73.9. The van der Waals surface area contributed by atoms with Gasteiger partial charge in [-0.05, 0) is 93.3 Å². The third-order valence-electron chi connectivity index (χ3n) is 23.8. The van der Waals surface area contributed by atoms with Gasteiger partial charge in [0, 0.05) is 131 Å². The fourth-order valence-electron chi connectivity index (χ4n) is 16.3. The number of amides is 17. The number of phenols is 1. The highest BCUT2D eigenvalue weighted by atomic mass is 32.2. The van der Waals surface area contributed by atoms with Crippen LogP contribution in [0.2, 0.25) is 0 Å². The van der Waals surface area contributed by atoms with Crippen molar-refractivity contribution in [2.75, 3.05) is 65.4 Å². The molecule has 696 valence electrons. The highest BCUT2D eigenvalue weighted by molar-refractivity contribution is 8.00. The molecule has 2 bridgehead atoms. The molecule has 10 rings (SSSR count). The molecule has 3 aromatic carbocycles. The van der Waals surface area contributed by atoms with Gasteiger partial charge in [0.25, 0.3) is 0 Å². The molecule has 4 aliphatic rings. The molecule has 3 aromatic heterocycles. The zero-order chi connectivity index (χ0) is 93.4. The molecule has 42 heteroatoms. The number of hydrogen-bond donors (Lipinski definition) is 18. The van der Waals surface area contributed by atoms with Crippen LogP contribution >= 0.6 is 11.8 Å². The lowest BCUT2D eigenvalue weighted by Gasteiger charge is -2.36. The van der Waals surface area contributed by atoms with Gasteiger partial charge in [-0.15, -0.1) is 11.8 Å². The highest BCUT2D eigenvalue weighted by Gasteiger charge is 2.47. The number of imidazole rings is 1. The Balaban J connectivity index is 1.02. The fraction of sp³-hybridized carbons (Fsp3) is 0.517. The number of aliphatic hydroxyl groups excluding tert-OH is 2. The number of hydrogen-bond acceptors (Lipinski definition) is 22. The Morgan fingerprint density at radius 2 is 1.11 bits per heavy atom. The van der Waals surface area contributed by atoms with E-state index in [0.717, 1.165) is 31.4 Å². The summed E-state index contributed by atoms with van der Waals surface area (Å²) in [5, 5.41) is 63.3. The number of nitrogens with zero attached hydrogens (tertiary/aromatic N) is 6. The number of H-pyrrole nitrogens is 3. The molecule has 0 aliphatic carbocycles. The number of carbonyl (C=O) groups excluding carboxylic acids is 17. The number of phenolic OH excluding ortho intramolecular Hbond substituents is 1. The van der Waals surface area contributed by atoms with E-state index in [1.807, 2.05) is 13.8 Å². The van der Waals surface area contributed by atoms with E-state index in [-0.39, 0.29) is 82.4 Å². The molecule has 4 aliphatic heterocycles. The third kappa shape index (κ3) is 25.9. The van der Waals surface area contributed by atoms with Gasteiger partial charge in [-0.2, -0.15) is 0 Å². The Kier molecular flexibility index (Phi) is 35.1. The second-order valence-corrected chi connectivity index (χ2v) is 34.1. The Bertz CT molecular complexity index is 5050. The number of likely N-dealkylation sites (N-methyl/N-ethyl adjacent to an activating group) is 3. The van der Waals surface area contributed by atoms with Gasteiger partial charge in [0.2, 0.25) is 100 Å². The van der Waals surface area contributed by atoms with Gasteiger partial charge in [0.05, 0.1) is 31.3 Å². The summed E-state index contributed by atoms with van der Waals surface area (Å²) in [7, 11) is 3.97. The molecule has 7 heterocycles. The molecule has 6 aromatic rings. The third-order valence-corrected chi connectivity index (χ3v) is 24.8. The number of aliphatic hydroxyl groups is 2. The van der Waals surface area contributed by atoms with E-state index in [9.17, 15) is 58.5 Å². The maximum Gasteiger partial charge on any atom is 0.245 e. The lowest BCUT2D eigenvalue weighted by Crippen LogP contribution is -2.61. The van der Waals surface area contributed by atoms with Crippen molar-refractivity contribution < 1.29 is 96.8 Å². The van der Waals surface area contributed by atoms with E-state index >= 15 is 38.4 Å². The lowest BCUT2D eigenvalue weighted by atomic mass is 10.00. The van der Waals surface area contributed by atoms with Crippen LogP contribution in [-0.2, 0) is 107 Å². The molecule has 129 heavy (non-hydrogen) atoms. The van der Waals surface area contributed by atoms with Crippen molar-refractivity contribution in [1.82, 2.24) is 103 Å². The Hall–Kier alpha value is -13.0. The smallest absolute Gasteiger partial charge is 0.245 e. The standard InChI is InChI=1S/C87H117N21O20S/c1-8-10-21-67-80(121)95-47(3)74(115)103-66(76(117)93-41-71(88)112)44-129-45-73(114)96-63(33-49-24-26-53(110)27-25-49)83(124)104(5)48(4)75(116)97-60-30-31-90-72(113)29-28-59(98-78(119)62(36-52-40-89-46-94-52)100-81(122)68-23-16-32-107(68)85(60)126)86(127)108-42-54(111)37-70(108)82(123)99-61(34-50-38-91-57-19-14-12-17-55(50)57)77(118)102-65(43-109)79(120)101-64(35-51-39-92-58-20-15-13-18-56(51)58)84(125)106(7)69(22-11-9-2)87(128)105(67)6/h12-15,17-20,24-27,38-40,46-48,54,59-70,91-92,109-111H,8-11,16,21-23,28-37,41-45H2,1-7H3,(H2,88,112)(H,89,94)(H,90,113)(H,93,117)(H,95,121)(H,96,114)(H,97,116)(H,98,119)(H,99,123)(H,100,122)(H,101,120)(H,102,118)(H,103,115)/t47-,48-,54+,59-,60-,61-,62-,63-,64-,65-,66-,67-,68-,69-,70-/m0/s1. The number of benzene rings is 3. The van der Waals surface area contributed by atoms with Gasteiger partial charge in [-0.25, -0.2) is 4.98 Å². The van der Waals surface area contributed by atoms with Crippen molar-refractivity contribution >= 4 is 134 Å². The first-order valence-corrected chi connectivity index (χ1v) is 44.5. The minimum Gasteiger partial charge on any atom is -0.508 e. The van der Waals surface area contributed by atoms with Crippen molar-refractivity contribution in [1.29, 1.82) is 0 Å². The molecule has 17 amide bonds. The number of para-hydroxylation sites is 2. The number of fused-ring (bicyclic) bond motifs is 11. The van der Waals surface area contributed by atoms with E-state index in [2.05, 4.69) is 78.4 Å². The molecule has 0 unspecified atom stereocenters. The highest BCUT2D eigenvalue weighted by Crippen LogP contribution is 2.28. The van der Waals surface area contributed by atoms with Crippen molar-refractivity contribution in [2.24, 2.45) is 5.73 Å². The summed E-state index contributed by atoms with van der Waals surface area (Å²) in [6.07, 6.45) is 3.67. The van der Waals surface area contributed by atoms with Crippen LogP contribution < -0.4 is 64.2 Å². The average molecular weight is 1810 g/mol. The van der Waals surface area contributed by atoms with Gasteiger partial charge in [0.1, 0.15) is 90.3 Å². The van der Waals surface area contributed by atoms with Crippen LogP contribution in [0.4, 0.5) is 0 Å². The van der Waals surface area contributed by atoms with Crippen molar-refractivity contribution in [3.8, 4) is 5.75 Å². The van der Waals surface area contributed by atoms with Crippen molar-refractivity contribution in [3.05, 3.63) is 120 Å². The van der Waals surface area contributed by atoms with E-state index in [1.54, 1.807) is 60.9 Å². The van der Waals surface area contributed by atoms with Gasteiger partial charge in [-0.1, -0.05) is 88.1 Å². The lowest BCUT2D eigenvalue weighted by molar-refractivity contribution is -0.149. The summed E-state index contributed by atoms with van der Waals surface area (Å²) in [6, 6.07) is -1.71. The van der Waals surface area contributed by atoms with Crippen molar-refractivity contribution in [3.63, 3.8) is 0 Å². The summed E-state index contributed by atoms with van der Waals surface area (Å²) < 4.78 is 0. The first-order valence-electron chi connectivity index (χ1n) is 43.3. The van der Waals surface area contributed by atoms with Gasteiger partial charge >= 0.3 is 0 Å². The number of unbranched alkanes of at least 4 members (excludes halogenated alkanes) is 2. The van der Waals surface area contributed by atoms with Gasteiger partial charge in [-0.3, -0.25) is 81.5 Å². The summed E-state index contributed by atoms with van der Waals surface area (Å²) >= 11 is 0.796. The molecule has 0 saturated carbocycles. The van der Waals surface area contributed by atoms with Gasteiger partial charge in [0.15, 0.2) is 0 Å². The first kappa shape index (κ1) is 98.2. The molecule has 4 fully saturated rings. The second kappa shape index (κ2) is 46.1. The Labute approximate surface area is 748 Å². The van der Waals surface area contributed by atoms with Crippen molar-refractivity contribution in [2.45, 2.75) is 221 Å². The number of aromatic hydroxyl groups is 1. The van der Waals surface area contributed by atoms with E-state index < -0.39 is 236 Å². The predicted molar refractivity (Wildman–Crippen MR) is 470 cm³/mol. The molecule has 0 spiro atoms. The molecular weight excluding hydrogens is 1690 g/mol. The summed E-state index contributed by atoms with van der Waals surface area (Å²) in [4.78, 5) is 269. The van der Waals surface area contributed by atoms with Crippen LogP contribution in [0, 0.1) is 0 Å². The summed E-state index contributed by atoms with van der Waals surface area (Å²) in [5.41, 5.74) is 8.39. The quantitative estimate of drug-likeness (QED) is 0.0413. The van der Waals surface area contributed by atoms with Gasteiger partial charge < -0.3 is 119 Å². The van der Waals surface area contributed by atoms with Crippen LogP contribution in [0.1, 0.15) is 127 Å². The molecule has 4 saturated heterocycles. The first-order chi connectivity index (χ1) is 61.7. The SMILES string of the molecule is CCCC[C@H]1C(=O)N(C)[C@@H](CCCC)C(=O)N[C@@H](C)C(=O)N[C@H](C(=O)NCC(N)=O)CSCC(=O)N[C@@H](Cc2ccc(O)cc2)C(=O)N(C)[C@@H](C)C(=O)N[C@H]2CCNC(=O)CC[C@H](NC(=O)[C@H](Cc3cnc[nH]3)NC(=O)[C@@H]3CCCN3C2=O)C(=O)N2C[C@H](O)C[C@H]2C(=O)N[C@@H](Cc2c[nH]c3ccccc23)C(=O)N[C@@H](CO)C(=O)N[C@@H](Cc2c[nH]c3ccccc23)C(=O)N1C. The summed E-state index contributed by atoms with van der Waals surface area (Å²) in [6.45, 7) is 3.63. The monoisotopic (exact) mass is 1810 g/mol. The zero-order valence-electron chi connectivity index (χ0n) is 73.1. The topological polar surface area (TPSA) is 586 Å². The maximum atomic E-state index is 15.6. The second-order valence-electron chi connectivity index (χ2n) is 33.0. The minimum absolute atomic E-state index is 0.0182. The largest absolute Gasteiger partial charge is 0.508 e. The van der Waals surface area contributed by atoms with Crippen LogP contribution in [0.5, 0.6) is 5.75 Å². The fourth-order valence-corrected chi connectivity index (χ4v) is 17.1. The number of nitrogens with one attached hydrogen (secondary N) is 14. The minimum atomic E-state index is -1.89. The number of nitrogens with two attached hydrogens (primary N) is 1. The molecule has 15 atom stereocenters. The van der Waals surface area contributed by atoms with E-state index in [1.165, 1.54) is 76.7 Å². The predicted octanol–water partition coefficient (Wildman–Crippen LogP) is -2.79. The number of primary amides is 1. The van der Waals surface area contributed by atoms with Crippen LogP contribution in [0.15, 0.2) is 97.7 Å². The van der Waals surface area contributed by atoms with Crippen LogP contribution in [0.3, 0.4) is 0 Å². The number of thioether (sulfide) groups is 1.